The van der Waals surface area contributed by atoms with Crippen molar-refractivity contribution in [3.05, 3.63) is 91.6 Å². The van der Waals surface area contributed by atoms with Gasteiger partial charge in [-0.05, 0) is 42.8 Å². The Balaban J connectivity index is 2.02. The second-order valence-electron chi connectivity index (χ2n) is 7.45. The van der Waals surface area contributed by atoms with Crippen molar-refractivity contribution in [2.24, 2.45) is 0 Å². The molecule has 1 aliphatic rings. The summed E-state index contributed by atoms with van der Waals surface area (Å²) in [7, 11) is 1.18. The number of allylic oxidation sites excluding steroid dienone is 1. The number of benzene rings is 2. The SMILES string of the molecule is COC(=O)C1=C(C)N(c2cccc(C(F)(F)F)c2)c2c[nH]c(=O)n2[C@@H]1c1ccc(C#N)cc1Br. The number of alkyl halides is 3. The van der Waals surface area contributed by atoms with Crippen LogP contribution in [0.25, 0.3) is 0 Å². The van der Waals surface area contributed by atoms with Crippen molar-refractivity contribution >= 4 is 33.4 Å². The van der Waals surface area contributed by atoms with Crippen molar-refractivity contribution in [2.75, 3.05) is 12.0 Å². The summed E-state index contributed by atoms with van der Waals surface area (Å²) in [6.07, 6.45) is -3.22. The van der Waals surface area contributed by atoms with E-state index in [1.54, 1.807) is 25.1 Å². The van der Waals surface area contributed by atoms with Gasteiger partial charge in [-0.3, -0.25) is 9.47 Å². The van der Waals surface area contributed by atoms with E-state index < -0.39 is 29.4 Å². The van der Waals surface area contributed by atoms with E-state index in [-0.39, 0.29) is 22.8 Å². The summed E-state index contributed by atoms with van der Waals surface area (Å²) < 4.78 is 46.9. The van der Waals surface area contributed by atoms with Crippen molar-refractivity contribution < 1.29 is 22.7 Å². The van der Waals surface area contributed by atoms with Crippen LogP contribution < -0.4 is 10.6 Å². The number of ether oxygens (including phenoxy) is 1. The van der Waals surface area contributed by atoms with Crippen LogP contribution >= 0.6 is 15.9 Å². The molecule has 0 spiro atoms. The maximum absolute atomic E-state index is 13.4. The van der Waals surface area contributed by atoms with Gasteiger partial charge in [0.25, 0.3) is 0 Å². The van der Waals surface area contributed by atoms with Gasteiger partial charge < -0.3 is 9.72 Å². The normalized spacial score (nSPS) is 15.7. The van der Waals surface area contributed by atoms with Crippen molar-refractivity contribution in [1.82, 2.24) is 9.55 Å². The first kappa shape index (κ1) is 23.4. The molecule has 0 saturated heterocycles. The average Bonchev–Trinajstić information content (AvgIpc) is 3.18. The average molecular weight is 533 g/mol. The van der Waals surface area contributed by atoms with E-state index in [2.05, 4.69) is 20.9 Å². The molecular formula is C23H16BrF3N4O3. The molecule has 1 atom stereocenters. The highest BCUT2D eigenvalue weighted by Gasteiger charge is 2.39. The monoisotopic (exact) mass is 532 g/mol. The molecule has 0 aliphatic carbocycles. The Morgan fingerprint density at radius 3 is 2.59 bits per heavy atom. The van der Waals surface area contributed by atoms with Crippen LogP contribution in [0.15, 0.2) is 69.2 Å². The van der Waals surface area contributed by atoms with Gasteiger partial charge >= 0.3 is 17.8 Å². The molecule has 1 aromatic heterocycles. The van der Waals surface area contributed by atoms with Crippen molar-refractivity contribution in [3.63, 3.8) is 0 Å². The molecule has 0 fully saturated rings. The van der Waals surface area contributed by atoms with Gasteiger partial charge in [0.2, 0.25) is 0 Å². The summed E-state index contributed by atoms with van der Waals surface area (Å²) in [6.45, 7) is 1.57. The van der Waals surface area contributed by atoms with Gasteiger partial charge in [0, 0.05) is 22.1 Å². The van der Waals surface area contributed by atoms with Gasteiger partial charge in [0.15, 0.2) is 0 Å². The second-order valence-corrected chi connectivity index (χ2v) is 8.30. The van der Waals surface area contributed by atoms with Crippen LogP contribution in [0.3, 0.4) is 0 Å². The minimum Gasteiger partial charge on any atom is -0.466 e. The molecule has 34 heavy (non-hydrogen) atoms. The second kappa shape index (κ2) is 8.53. The molecular weight excluding hydrogens is 517 g/mol. The van der Waals surface area contributed by atoms with Crippen LogP contribution in [0.4, 0.5) is 24.7 Å². The fraction of sp³-hybridized carbons (Fsp3) is 0.174. The van der Waals surface area contributed by atoms with Crippen LogP contribution in [-0.2, 0) is 15.7 Å². The fourth-order valence-corrected chi connectivity index (χ4v) is 4.64. The van der Waals surface area contributed by atoms with E-state index in [0.717, 1.165) is 12.1 Å². The Labute approximate surface area is 199 Å². The Morgan fingerprint density at radius 1 is 1.24 bits per heavy atom. The van der Waals surface area contributed by atoms with Crippen LogP contribution in [0, 0.1) is 11.3 Å². The zero-order valence-corrected chi connectivity index (χ0v) is 19.4. The van der Waals surface area contributed by atoms with Crippen molar-refractivity contribution in [2.45, 2.75) is 19.1 Å². The summed E-state index contributed by atoms with van der Waals surface area (Å²) in [6, 6.07) is 10.3. The number of nitrogens with zero attached hydrogens (tertiary/aromatic N) is 3. The third kappa shape index (κ3) is 3.80. The zero-order valence-electron chi connectivity index (χ0n) is 17.8. The number of anilines is 2. The lowest BCUT2D eigenvalue weighted by atomic mass is 9.93. The summed E-state index contributed by atoms with van der Waals surface area (Å²) in [5, 5.41) is 9.19. The Bertz CT molecular complexity index is 1430. The maximum atomic E-state index is 13.4. The van der Waals surface area contributed by atoms with E-state index in [0.29, 0.717) is 15.6 Å². The van der Waals surface area contributed by atoms with E-state index in [1.807, 2.05) is 6.07 Å². The number of nitrogens with one attached hydrogen (secondary N) is 1. The number of rotatable bonds is 3. The van der Waals surface area contributed by atoms with Gasteiger partial charge in [-0.1, -0.05) is 28.1 Å². The smallest absolute Gasteiger partial charge is 0.416 e. The third-order valence-corrected chi connectivity index (χ3v) is 6.22. The quantitative estimate of drug-likeness (QED) is 0.478. The van der Waals surface area contributed by atoms with Crippen molar-refractivity contribution in [3.8, 4) is 6.07 Å². The topological polar surface area (TPSA) is 91.1 Å². The highest BCUT2D eigenvalue weighted by atomic mass is 79.9. The van der Waals surface area contributed by atoms with E-state index in [9.17, 15) is 28.0 Å². The number of H-pyrrole nitrogens is 1. The van der Waals surface area contributed by atoms with Crippen LogP contribution in [0.5, 0.6) is 0 Å². The minimum absolute atomic E-state index is 0.0551. The lowest BCUT2D eigenvalue weighted by Gasteiger charge is -2.37. The van der Waals surface area contributed by atoms with E-state index in [1.165, 1.54) is 34.9 Å². The summed E-state index contributed by atoms with van der Waals surface area (Å²) >= 11 is 3.41. The highest BCUT2D eigenvalue weighted by molar-refractivity contribution is 9.10. The Hall–Kier alpha value is -3.78. The number of hydrogen-bond donors (Lipinski definition) is 1. The number of halogens is 4. The molecule has 7 nitrogen and oxygen atoms in total. The van der Waals surface area contributed by atoms with Crippen molar-refractivity contribution in [1.29, 1.82) is 5.26 Å². The Morgan fingerprint density at radius 2 is 1.97 bits per heavy atom. The first-order chi connectivity index (χ1) is 16.1. The molecule has 11 heteroatoms. The Kier molecular flexibility index (Phi) is 5.87. The predicted molar refractivity (Wildman–Crippen MR) is 120 cm³/mol. The molecule has 3 aromatic rings. The third-order valence-electron chi connectivity index (χ3n) is 5.54. The lowest BCUT2D eigenvalue weighted by molar-refractivity contribution is -0.138. The van der Waals surface area contributed by atoms with Gasteiger partial charge in [-0.2, -0.15) is 18.4 Å². The number of aromatic amines is 1. The number of fused-ring (bicyclic) bond motifs is 1. The van der Waals surface area contributed by atoms with Gasteiger partial charge in [-0.25, -0.2) is 9.59 Å². The van der Waals surface area contributed by atoms with E-state index in [4.69, 9.17) is 4.74 Å². The molecule has 1 aliphatic heterocycles. The predicted octanol–water partition coefficient (Wildman–Crippen LogP) is 5.02. The molecule has 4 rings (SSSR count). The molecule has 2 heterocycles. The molecule has 0 radical (unpaired) electrons. The molecule has 2 aromatic carbocycles. The molecule has 0 saturated carbocycles. The number of nitriles is 1. The number of hydrogen-bond acceptors (Lipinski definition) is 5. The number of carbonyl (C=O) groups is 1. The standard InChI is InChI=1S/C23H16BrF3N4O3/c1-12-19(21(32)34-2)20(16-7-6-13(10-28)8-17(16)24)31-18(11-29-22(31)33)30(12)15-5-3-4-14(9-15)23(25,26)27/h3-9,11,20H,1-2H3,(H,29,33)/t20-/m1/s1. The molecule has 0 bridgehead atoms. The van der Waals surface area contributed by atoms with Crippen LogP contribution in [0.2, 0.25) is 0 Å². The first-order valence-corrected chi connectivity index (χ1v) is 10.6. The molecule has 174 valence electrons. The number of carbonyl (C=O) groups excluding carboxylic acids is 1. The largest absolute Gasteiger partial charge is 0.466 e. The number of esters is 1. The molecule has 1 N–H and O–H groups in total. The van der Waals surface area contributed by atoms with Crippen LogP contribution in [0.1, 0.15) is 29.7 Å². The number of aromatic nitrogens is 2. The maximum Gasteiger partial charge on any atom is 0.416 e. The summed E-state index contributed by atoms with van der Waals surface area (Å²) in [5.74, 6) is -0.523. The first-order valence-electron chi connectivity index (χ1n) is 9.84. The van der Waals surface area contributed by atoms with Gasteiger partial charge in [0.1, 0.15) is 11.9 Å². The highest BCUT2D eigenvalue weighted by Crippen LogP contribution is 2.44. The van der Waals surface area contributed by atoms with Gasteiger partial charge in [0.05, 0.1) is 29.9 Å². The van der Waals surface area contributed by atoms with Gasteiger partial charge in [-0.15, -0.1) is 0 Å². The zero-order chi connectivity index (χ0) is 24.8. The summed E-state index contributed by atoms with van der Waals surface area (Å²) in [4.78, 5) is 29.8. The van der Waals surface area contributed by atoms with Crippen LogP contribution in [-0.4, -0.2) is 22.6 Å². The molecule has 0 amide bonds. The van der Waals surface area contributed by atoms with E-state index >= 15 is 0 Å². The summed E-state index contributed by atoms with van der Waals surface area (Å²) in [5.41, 5.74) is -0.157. The minimum atomic E-state index is -4.58. The lowest BCUT2D eigenvalue weighted by Crippen LogP contribution is -2.37. The number of methoxy groups -OCH3 is 1. The number of imidazole rings is 1. The molecule has 0 unspecified atom stereocenters. The fourth-order valence-electron chi connectivity index (χ4n) is 4.04.